The quantitative estimate of drug-likeness (QED) is 0.802. The maximum atomic E-state index is 13.4. The van der Waals surface area contributed by atoms with Gasteiger partial charge in [-0.3, -0.25) is 4.79 Å². The summed E-state index contributed by atoms with van der Waals surface area (Å²) in [4.78, 5) is 14.9. The number of pyridine rings is 1. The number of aromatic amines is 1. The van der Waals surface area contributed by atoms with Crippen molar-refractivity contribution in [2.24, 2.45) is 0 Å². The molecule has 3 nitrogen and oxygen atoms in total. The van der Waals surface area contributed by atoms with Gasteiger partial charge in [-0.1, -0.05) is 0 Å². The molecule has 4 heteroatoms. The van der Waals surface area contributed by atoms with Crippen LogP contribution in [0.4, 0.5) is 4.39 Å². The van der Waals surface area contributed by atoms with Crippen molar-refractivity contribution < 1.29 is 9.13 Å². The molecule has 1 N–H and O–H groups in total. The molecule has 0 saturated carbocycles. The summed E-state index contributed by atoms with van der Waals surface area (Å²) in [6, 6.07) is 2.71. The van der Waals surface area contributed by atoms with Crippen LogP contribution in [0.5, 0.6) is 5.75 Å². The fourth-order valence-electron chi connectivity index (χ4n) is 1.67. The van der Waals surface area contributed by atoms with Gasteiger partial charge in [-0.2, -0.15) is 0 Å². The minimum absolute atomic E-state index is 0.0845. The summed E-state index contributed by atoms with van der Waals surface area (Å²) in [7, 11) is 1.37. The van der Waals surface area contributed by atoms with Crippen LogP contribution in [0, 0.1) is 19.7 Å². The van der Waals surface area contributed by atoms with Gasteiger partial charge in [0, 0.05) is 22.7 Å². The molecule has 2 rings (SSSR count). The van der Waals surface area contributed by atoms with Gasteiger partial charge in [0.15, 0.2) is 17.0 Å². The van der Waals surface area contributed by atoms with Crippen molar-refractivity contribution in [3.8, 4) is 5.75 Å². The van der Waals surface area contributed by atoms with Crippen LogP contribution < -0.4 is 10.2 Å². The van der Waals surface area contributed by atoms with E-state index in [4.69, 9.17) is 4.74 Å². The Bertz CT molecular complexity index is 616. The van der Waals surface area contributed by atoms with Crippen LogP contribution in [-0.2, 0) is 0 Å². The number of rotatable bonds is 1. The lowest BCUT2D eigenvalue weighted by molar-refractivity contribution is 0.387. The van der Waals surface area contributed by atoms with Gasteiger partial charge < -0.3 is 9.72 Å². The normalized spacial score (nSPS) is 10.8. The minimum atomic E-state index is -0.478. The van der Waals surface area contributed by atoms with Crippen LogP contribution in [-0.4, -0.2) is 12.1 Å². The number of nitrogens with one attached hydrogen (secondary N) is 1. The molecule has 2 aromatic rings. The highest BCUT2D eigenvalue weighted by molar-refractivity contribution is 5.81. The molecular weight excluding hydrogens is 209 g/mol. The van der Waals surface area contributed by atoms with Gasteiger partial charge in [0.2, 0.25) is 0 Å². The molecule has 0 aliphatic rings. The molecule has 0 atom stereocenters. The fourth-order valence-corrected chi connectivity index (χ4v) is 1.67. The molecule has 0 unspecified atom stereocenters. The molecule has 1 heterocycles. The summed E-state index contributed by atoms with van der Waals surface area (Å²) < 4.78 is 18.3. The molecule has 0 spiro atoms. The topological polar surface area (TPSA) is 42.1 Å². The highest BCUT2D eigenvalue weighted by Crippen LogP contribution is 2.22. The monoisotopic (exact) mass is 221 g/mol. The maximum absolute atomic E-state index is 13.4. The molecule has 84 valence electrons. The summed E-state index contributed by atoms with van der Waals surface area (Å²) in [5.41, 5.74) is 1.79. The second-order valence-corrected chi connectivity index (χ2v) is 3.74. The Morgan fingerprint density at radius 3 is 2.62 bits per heavy atom. The Balaban J connectivity index is 2.92. The van der Waals surface area contributed by atoms with E-state index < -0.39 is 5.82 Å². The highest BCUT2D eigenvalue weighted by atomic mass is 19.1. The lowest BCUT2D eigenvalue weighted by Gasteiger charge is -2.07. The van der Waals surface area contributed by atoms with Crippen LogP contribution in [0.1, 0.15) is 11.3 Å². The standard InChI is InChI=1S/C12H12FNO2/c1-6-7(2)14-10-5-9(13)11(16-3)4-8(10)12(6)15/h4-5H,1-3H3,(H,14,15). The Kier molecular flexibility index (Phi) is 2.42. The molecule has 0 radical (unpaired) electrons. The van der Waals surface area contributed by atoms with E-state index in [2.05, 4.69) is 4.98 Å². The summed E-state index contributed by atoms with van der Waals surface area (Å²) >= 11 is 0. The van der Waals surface area contributed by atoms with E-state index in [0.717, 1.165) is 5.69 Å². The number of benzene rings is 1. The number of ether oxygens (including phenoxy) is 1. The van der Waals surface area contributed by atoms with Gasteiger partial charge >= 0.3 is 0 Å². The largest absolute Gasteiger partial charge is 0.494 e. The van der Waals surface area contributed by atoms with Gasteiger partial charge in [0.1, 0.15) is 0 Å². The van der Waals surface area contributed by atoms with Crippen molar-refractivity contribution in [2.45, 2.75) is 13.8 Å². The van der Waals surface area contributed by atoms with Crippen LogP contribution in [0.3, 0.4) is 0 Å². The number of methoxy groups -OCH3 is 1. The van der Waals surface area contributed by atoms with Gasteiger partial charge in [0.25, 0.3) is 0 Å². The smallest absolute Gasteiger partial charge is 0.192 e. The summed E-state index contributed by atoms with van der Waals surface area (Å²) in [6.07, 6.45) is 0. The summed E-state index contributed by atoms with van der Waals surface area (Å²) in [5.74, 6) is -0.393. The Hall–Kier alpha value is -1.84. The molecule has 0 amide bonds. The van der Waals surface area contributed by atoms with Crippen LogP contribution >= 0.6 is 0 Å². The van der Waals surface area contributed by atoms with Crippen molar-refractivity contribution >= 4 is 10.9 Å². The second kappa shape index (κ2) is 3.63. The number of aryl methyl sites for hydroxylation is 1. The predicted molar refractivity (Wildman–Crippen MR) is 60.6 cm³/mol. The highest BCUT2D eigenvalue weighted by Gasteiger charge is 2.10. The number of aromatic nitrogens is 1. The molecule has 1 aromatic carbocycles. The number of H-pyrrole nitrogens is 1. The zero-order valence-corrected chi connectivity index (χ0v) is 9.35. The molecule has 16 heavy (non-hydrogen) atoms. The summed E-state index contributed by atoms with van der Waals surface area (Å²) in [6.45, 7) is 3.53. The third-order valence-electron chi connectivity index (χ3n) is 2.76. The van der Waals surface area contributed by atoms with Crippen LogP contribution in [0.15, 0.2) is 16.9 Å². The predicted octanol–water partition coefficient (Wildman–Crippen LogP) is 2.29. The Morgan fingerprint density at radius 2 is 2.00 bits per heavy atom. The first-order valence-corrected chi connectivity index (χ1v) is 4.91. The van der Waals surface area contributed by atoms with Crippen molar-refractivity contribution in [1.82, 2.24) is 4.98 Å². The van der Waals surface area contributed by atoms with Crippen molar-refractivity contribution in [3.63, 3.8) is 0 Å². The third kappa shape index (κ3) is 1.46. The van der Waals surface area contributed by atoms with E-state index in [-0.39, 0.29) is 11.2 Å². The van der Waals surface area contributed by atoms with Gasteiger partial charge in [0.05, 0.1) is 12.6 Å². The number of halogens is 1. The average Bonchev–Trinajstić information content (AvgIpc) is 2.26. The first-order chi connectivity index (χ1) is 7.54. The number of hydrogen-bond donors (Lipinski definition) is 1. The van der Waals surface area contributed by atoms with Gasteiger partial charge in [-0.25, -0.2) is 4.39 Å². The number of fused-ring (bicyclic) bond motifs is 1. The first-order valence-electron chi connectivity index (χ1n) is 4.91. The van der Waals surface area contributed by atoms with Gasteiger partial charge in [-0.05, 0) is 19.9 Å². The van der Waals surface area contributed by atoms with E-state index in [0.29, 0.717) is 16.5 Å². The lowest BCUT2D eigenvalue weighted by atomic mass is 10.1. The molecular formula is C12H12FNO2. The Morgan fingerprint density at radius 1 is 1.31 bits per heavy atom. The van der Waals surface area contributed by atoms with Crippen molar-refractivity contribution in [1.29, 1.82) is 0 Å². The van der Waals surface area contributed by atoms with Crippen molar-refractivity contribution in [3.05, 3.63) is 39.4 Å². The SMILES string of the molecule is COc1cc2c(=O)c(C)c(C)[nH]c2cc1F. The van der Waals surface area contributed by atoms with Crippen LogP contribution in [0.2, 0.25) is 0 Å². The molecule has 0 bridgehead atoms. The maximum Gasteiger partial charge on any atom is 0.192 e. The third-order valence-corrected chi connectivity index (χ3v) is 2.76. The van der Waals surface area contributed by atoms with Crippen molar-refractivity contribution in [2.75, 3.05) is 7.11 Å². The lowest BCUT2D eigenvalue weighted by Crippen LogP contribution is -2.10. The fraction of sp³-hybridized carbons (Fsp3) is 0.250. The van der Waals surface area contributed by atoms with E-state index in [9.17, 15) is 9.18 Å². The van der Waals surface area contributed by atoms with Gasteiger partial charge in [-0.15, -0.1) is 0 Å². The molecule has 0 saturated heterocycles. The second-order valence-electron chi connectivity index (χ2n) is 3.74. The number of hydrogen-bond acceptors (Lipinski definition) is 2. The molecule has 0 aliphatic carbocycles. The summed E-state index contributed by atoms with van der Waals surface area (Å²) in [5, 5.41) is 0.446. The van der Waals surface area contributed by atoms with Crippen LogP contribution in [0.25, 0.3) is 10.9 Å². The van der Waals surface area contributed by atoms with E-state index >= 15 is 0 Å². The molecule has 0 fully saturated rings. The minimum Gasteiger partial charge on any atom is -0.494 e. The van der Waals surface area contributed by atoms with E-state index in [1.54, 1.807) is 13.8 Å². The molecule has 0 aliphatic heterocycles. The van der Waals surface area contributed by atoms with E-state index in [1.807, 2.05) is 0 Å². The zero-order chi connectivity index (χ0) is 11.9. The first kappa shape index (κ1) is 10.7. The zero-order valence-electron chi connectivity index (χ0n) is 9.35. The average molecular weight is 221 g/mol. The Labute approximate surface area is 91.9 Å². The van der Waals surface area contributed by atoms with E-state index in [1.165, 1.54) is 19.2 Å². The molecule has 1 aromatic heterocycles.